The molecule has 0 fully saturated rings. The Balaban J connectivity index is 1.50. The first-order valence-electron chi connectivity index (χ1n) is 10.8. The maximum atomic E-state index is 13.1. The fourth-order valence-electron chi connectivity index (χ4n) is 3.46. The quantitative estimate of drug-likeness (QED) is 0.333. The Kier molecular flexibility index (Phi) is 7.54. The van der Waals surface area contributed by atoms with Crippen molar-refractivity contribution in [2.75, 3.05) is 15.5 Å². The minimum atomic E-state index is -0.743. The van der Waals surface area contributed by atoms with E-state index in [1.54, 1.807) is 42.5 Å². The van der Waals surface area contributed by atoms with E-state index in [9.17, 15) is 14.4 Å². The molecule has 7 nitrogen and oxygen atoms in total. The van der Waals surface area contributed by atoms with E-state index in [-0.39, 0.29) is 33.5 Å². The van der Waals surface area contributed by atoms with Gasteiger partial charge in [0.15, 0.2) is 0 Å². The molecule has 184 valence electrons. The molecule has 0 spiro atoms. The maximum absolute atomic E-state index is 13.1. The molecule has 0 aromatic heterocycles. The first-order valence-corrected chi connectivity index (χ1v) is 12.0. The van der Waals surface area contributed by atoms with Gasteiger partial charge in [-0.2, -0.15) is 0 Å². The van der Waals surface area contributed by atoms with Gasteiger partial charge >= 0.3 is 0 Å². The molecule has 3 aromatic rings. The number of benzene rings is 3. The molecule has 10 heteroatoms. The van der Waals surface area contributed by atoms with E-state index >= 15 is 0 Å². The van der Waals surface area contributed by atoms with Crippen molar-refractivity contribution in [2.45, 2.75) is 20.0 Å². The van der Waals surface area contributed by atoms with Crippen LogP contribution >= 0.6 is 34.8 Å². The van der Waals surface area contributed by atoms with Crippen molar-refractivity contribution in [3.63, 3.8) is 0 Å². The van der Waals surface area contributed by atoms with Crippen molar-refractivity contribution in [3.8, 4) is 5.75 Å². The number of amides is 3. The summed E-state index contributed by atoms with van der Waals surface area (Å²) in [6, 6.07) is 17.9. The van der Waals surface area contributed by atoms with Crippen LogP contribution in [-0.4, -0.2) is 23.8 Å². The van der Waals surface area contributed by atoms with Gasteiger partial charge in [-0.3, -0.25) is 14.4 Å². The van der Waals surface area contributed by atoms with E-state index in [0.29, 0.717) is 27.7 Å². The number of carbonyl (C=O) groups is 3. The number of rotatable bonds is 7. The van der Waals surface area contributed by atoms with E-state index in [1.165, 1.54) is 24.3 Å². The molecule has 0 saturated carbocycles. The summed E-state index contributed by atoms with van der Waals surface area (Å²) >= 11 is 18.4. The predicted molar refractivity (Wildman–Crippen MR) is 142 cm³/mol. The summed E-state index contributed by atoms with van der Waals surface area (Å²) in [6.45, 7) is 3.86. The second-order valence-corrected chi connectivity index (χ2v) is 9.30. The van der Waals surface area contributed by atoms with Crippen LogP contribution in [0.4, 0.5) is 17.1 Å². The first kappa shape index (κ1) is 25.6. The van der Waals surface area contributed by atoms with Gasteiger partial charge < -0.3 is 15.4 Å². The van der Waals surface area contributed by atoms with Crippen LogP contribution in [0, 0.1) is 0 Å². The van der Waals surface area contributed by atoms with Crippen LogP contribution in [0.2, 0.25) is 10.0 Å². The summed E-state index contributed by atoms with van der Waals surface area (Å²) in [6.07, 6.45) is 0.0425. The van der Waals surface area contributed by atoms with Crippen LogP contribution in [0.3, 0.4) is 0 Å². The molecule has 0 atom stereocenters. The third kappa shape index (κ3) is 5.49. The number of anilines is 3. The third-order valence-electron chi connectivity index (χ3n) is 5.05. The number of halogens is 3. The summed E-state index contributed by atoms with van der Waals surface area (Å²) in [4.78, 5) is 39.4. The average Bonchev–Trinajstić information content (AvgIpc) is 3.05. The zero-order valence-electron chi connectivity index (χ0n) is 19.1. The molecular formula is C26H20Cl3N3O4. The fraction of sp³-hybridized carbons (Fsp3) is 0.115. The zero-order chi connectivity index (χ0) is 26.0. The SMILES string of the molecule is CC(C)Oc1ccc(NC(=O)c2cccc(NC3=C(Cl)C(=O)N(c4cc(Cl)ccc4Cl)C3=O)c2)cc1. The Morgan fingerprint density at radius 2 is 1.61 bits per heavy atom. The first-order chi connectivity index (χ1) is 17.1. The van der Waals surface area contributed by atoms with E-state index in [2.05, 4.69) is 10.6 Å². The van der Waals surface area contributed by atoms with Crippen LogP contribution in [0.15, 0.2) is 77.5 Å². The van der Waals surface area contributed by atoms with Gasteiger partial charge in [0.2, 0.25) is 0 Å². The van der Waals surface area contributed by atoms with Crippen molar-refractivity contribution in [3.05, 3.63) is 93.1 Å². The average molecular weight is 545 g/mol. The molecule has 1 aliphatic rings. The lowest BCUT2D eigenvalue weighted by atomic mass is 10.1. The highest BCUT2D eigenvalue weighted by molar-refractivity contribution is 6.54. The lowest BCUT2D eigenvalue weighted by Gasteiger charge is -2.17. The Labute approximate surface area is 222 Å². The van der Waals surface area contributed by atoms with Gasteiger partial charge in [0.05, 0.1) is 16.8 Å². The van der Waals surface area contributed by atoms with Gasteiger partial charge in [-0.1, -0.05) is 40.9 Å². The Hall–Kier alpha value is -3.52. The molecule has 0 saturated heterocycles. The molecule has 0 bridgehead atoms. The van der Waals surface area contributed by atoms with Gasteiger partial charge in [-0.15, -0.1) is 0 Å². The van der Waals surface area contributed by atoms with Crippen LogP contribution in [0.5, 0.6) is 5.75 Å². The lowest BCUT2D eigenvalue weighted by molar-refractivity contribution is -0.120. The molecule has 0 radical (unpaired) electrons. The molecule has 3 aromatic carbocycles. The highest BCUT2D eigenvalue weighted by Gasteiger charge is 2.40. The van der Waals surface area contributed by atoms with Crippen LogP contribution in [0.1, 0.15) is 24.2 Å². The Bertz CT molecular complexity index is 1390. The Morgan fingerprint density at radius 1 is 0.889 bits per heavy atom. The van der Waals surface area contributed by atoms with Crippen LogP contribution in [0.25, 0.3) is 0 Å². The topological polar surface area (TPSA) is 87.7 Å². The summed E-state index contributed by atoms with van der Waals surface area (Å²) in [5.41, 5.74) is 1.27. The summed E-state index contributed by atoms with van der Waals surface area (Å²) < 4.78 is 5.61. The molecule has 1 heterocycles. The van der Waals surface area contributed by atoms with Crippen molar-refractivity contribution < 1.29 is 19.1 Å². The molecule has 0 unspecified atom stereocenters. The molecule has 3 amide bonds. The molecular weight excluding hydrogens is 525 g/mol. The molecule has 4 rings (SSSR count). The number of nitrogens with zero attached hydrogens (tertiary/aromatic N) is 1. The van der Waals surface area contributed by atoms with Crippen molar-refractivity contribution >= 4 is 69.6 Å². The van der Waals surface area contributed by atoms with E-state index < -0.39 is 11.8 Å². The van der Waals surface area contributed by atoms with Gasteiger partial charge in [-0.05, 0) is 74.5 Å². The highest BCUT2D eigenvalue weighted by Crippen LogP contribution is 2.36. The fourth-order valence-corrected chi connectivity index (χ4v) is 4.04. The minimum Gasteiger partial charge on any atom is -0.491 e. The van der Waals surface area contributed by atoms with Crippen molar-refractivity contribution in [1.29, 1.82) is 0 Å². The van der Waals surface area contributed by atoms with E-state index in [1.807, 2.05) is 13.8 Å². The monoisotopic (exact) mass is 543 g/mol. The lowest BCUT2D eigenvalue weighted by Crippen LogP contribution is -2.32. The van der Waals surface area contributed by atoms with E-state index in [4.69, 9.17) is 39.5 Å². The molecule has 36 heavy (non-hydrogen) atoms. The maximum Gasteiger partial charge on any atom is 0.283 e. The largest absolute Gasteiger partial charge is 0.491 e. The molecule has 0 aliphatic carbocycles. The number of carbonyl (C=O) groups excluding carboxylic acids is 3. The summed E-state index contributed by atoms with van der Waals surface area (Å²) in [5.74, 6) is -1.11. The Morgan fingerprint density at radius 3 is 2.31 bits per heavy atom. The molecule has 2 N–H and O–H groups in total. The van der Waals surface area contributed by atoms with Gasteiger partial charge in [0, 0.05) is 22.0 Å². The van der Waals surface area contributed by atoms with Crippen molar-refractivity contribution in [1.82, 2.24) is 0 Å². The van der Waals surface area contributed by atoms with Crippen molar-refractivity contribution in [2.24, 2.45) is 0 Å². The third-order valence-corrected chi connectivity index (χ3v) is 5.96. The van der Waals surface area contributed by atoms with Gasteiger partial charge in [0.25, 0.3) is 17.7 Å². The second kappa shape index (κ2) is 10.6. The standard InChI is InChI=1S/C26H20Cl3N3O4/c1-14(2)36-19-9-7-17(8-10-19)31-24(33)15-4-3-5-18(12-15)30-23-22(29)25(34)32(26(23)35)21-13-16(27)6-11-20(21)28/h3-14,30H,1-2H3,(H,31,33). The minimum absolute atomic E-state index is 0.0425. The summed E-state index contributed by atoms with van der Waals surface area (Å²) in [7, 11) is 0. The summed E-state index contributed by atoms with van der Waals surface area (Å²) in [5, 5.41) is 5.81. The number of hydrogen-bond donors (Lipinski definition) is 2. The number of ether oxygens (including phenoxy) is 1. The number of nitrogens with one attached hydrogen (secondary N) is 2. The number of imide groups is 1. The normalized spacial score (nSPS) is 13.4. The van der Waals surface area contributed by atoms with Gasteiger partial charge in [-0.25, -0.2) is 4.90 Å². The van der Waals surface area contributed by atoms with Crippen LogP contribution < -0.4 is 20.3 Å². The zero-order valence-corrected chi connectivity index (χ0v) is 21.4. The van der Waals surface area contributed by atoms with E-state index in [0.717, 1.165) is 4.90 Å². The highest BCUT2D eigenvalue weighted by atomic mass is 35.5. The van der Waals surface area contributed by atoms with Crippen LogP contribution in [-0.2, 0) is 9.59 Å². The predicted octanol–water partition coefficient (Wildman–Crippen LogP) is 6.47. The smallest absolute Gasteiger partial charge is 0.283 e. The number of hydrogen-bond acceptors (Lipinski definition) is 5. The molecule has 1 aliphatic heterocycles. The van der Waals surface area contributed by atoms with Gasteiger partial charge in [0.1, 0.15) is 16.5 Å². The second-order valence-electron chi connectivity index (χ2n) is 8.08.